The average Bonchev–Trinajstić information content (AvgIpc) is 3.26. The van der Waals surface area contributed by atoms with Gasteiger partial charge in [-0.15, -0.1) is 0 Å². The Hall–Kier alpha value is -3.39. The molecule has 2 aromatic heterocycles. The van der Waals surface area contributed by atoms with Gasteiger partial charge in [-0.3, -0.25) is 0 Å². The summed E-state index contributed by atoms with van der Waals surface area (Å²) in [4.78, 5) is 18.9. The maximum atomic E-state index is 12.3. The molecule has 3 aromatic rings. The van der Waals surface area contributed by atoms with E-state index in [1.165, 1.54) is 0 Å². The lowest BCUT2D eigenvalue weighted by Gasteiger charge is -2.27. The summed E-state index contributed by atoms with van der Waals surface area (Å²) >= 11 is 0. The molecule has 0 bridgehead atoms. The number of ether oxygens (including phenoxy) is 1. The van der Waals surface area contributed by atoms with Crippen LogP contribution >= 0.6 is 0 Å². The van der Waals surface area contributed by atoms with Crippen molar-refractivity contribution < 1.29 is 9.53 Å². The topological polar surface area (TPSA) is 84.3 Å². The van der Waals surface area contributed by atoms with Crippen molar-refractivity contribution in [3.8, 4) is 5.69 Å². The molecule has 0 spiro atoms. The first-order valence-corrected chi connectivity index (χ1v) is 9.16. The SMILES string of the molecule is Cc1cc(-n2cccn2)ccc1NC(=O)Nc1ccc(N2CCOCC2)nc1. The van der Waals surface area contributed by atoms with Crippen LogP contribution in [0.15, 0.2) is 55.0 Å². The summed E-state index contributed by atoms with van der Waals surface area (Å²) in [6.07, 6.45) is 5.27. The van der Waals surface area contributed by atoms with Crippen LogP contribution in [0.25, 0.3) is 5.69 Å². The molecule has 1 saturated heterocycles. The number of urea groups is 1. The smallest absolute Gasteiger partial charge is 0.323 e. The molecule has 28 heavy (non-hydrogen) atoms. The number of amides is 2. The fourth-order valence-corrected chi connectivity index (χ4v) is 3.08. The van der Waals surface area contributed by atoms with Gasteiger partial charge in [0.05, 0.1) is 30.8 Å². The third kappa shape index (κ3) is 4.12. The summed E-state index contributed by atoms with van der Waals surface area (Å²) in [7, 11) is 0. The Morgan fingerprint density at radius 2 is 2.00 bits per heavy atom. The summed E-state index contributed by atoms with van der Waals surface area (Å²) in [6.45, 7) is 5.02. The Morgan fingerprint density at radius 3 is 2.68 bits per heavy atom. The number of nitrogens with one attached hydrogen (secondary N) is 2. The second kappa shape index (κ2) is 8.10. The molecule has 2 amide bonds. The summed E-state index contributed by atoms with van der Waals surface area (Å²) < 4.78 is 7.13. The number of pyridine rings is 1. The monoisotopic (exact) mass is 378 g/mol. The van der Waals surface area contributed by atoms with Crippen molar-refractivity contribution in [2.24, 2.45) is 0 Å². The van der Waals surface area contributed by atoms with Crippen molar-refractivity contribution in [3.63, 3.8) is 0 Å². The third-order valence-corrected chi connectivity index (χ3v) is 4.57. The second-order valence-corrected chi connectivity index (χ2v) is 6.53. The molecular weight excluding hydrogens is 356 g/mol. The van der Waals surface area contributed by atoms with Gasteiger partial charge in [-0.05, 0) is 48.9 Å². The van der Waals surface area contributed by atoms with E-state index in [2.05, 4.69) is 25.6 Å². The van der Waals surface area contributed by atoms with Crippen molar-refractivity contribution in [3.05, 3.63) is 60.6 Å². The van der Waals surface area contributed by atoms with E-state index in [0.717, 1.165) is 35.8 Å². The summed E-state index contributed by atoms with van der Waals surface area (Å²) in [5.41, 5.74) is 3.27. The standard InChI is InChI=1S/C20H22N6O2/c1-15-13-17(26-8-2-7-22-26)4-5-18(15)24-20(27)23-16-3-6-19(21-14-16)25-9-11-28-12-10-25/h2-8,13-14H,9-12H2,1H3,(H2,23,24,27). The molecule has 8 nitrogen and oxygen atoms in total. The van der Waals surface area contributed by atoms with Crippen LogP contribution in [0.5, 0.6) is 0 Å². The Kier molecular flexibility index (Phi) is 5.20. The van der Waals surface area contributed by atoms with Crippen LogP contribution in [-0.2, 0) is 4.74 Å². The summed E-state index contributed by atoms with van der Waals surface area (Å²) in [6, 6.07) is 11.1. The maximum absolute atomic E-state index is 12.3. The van der Waals surface area contributed by atoms with Crippen molar-refractivity contribution in [2.75, 3.05) is 41.8 Å². The van der Waals surface area contributed by atoms with Crippen LogP contribution in [0, 0.1) is 6.92 Å². The van der Waals surface area contributed by atoms with E-state index in [1.54, 1.807) is 17.1 Å². The van der Waals surface area contributed by atoms with Gasteiger partial charge < -0.3 is 20.3 Å². The lowest BCUT2D eigenvalue weighted by molar-refractivity contribution is 0.122. The van der Waals surface area contributed by atoms with E-state index in [4.69, 9.17) is 4.74 Å². The zero-order valence-corrected chi connectivity index (χ0v) is 15.6. The Labute approximate surface area is 163 Å². The normalized spacial score (nSPS) is 14.0. The number of hydrogen-bond acceptors (Lipinski definition) is 5. The summed E-state index contributed by atoms with van der Waals surface area (Å²) in [5.74, 6) is 0.888. The fourth-order valence-electron chi connectivity index (χ4n) is 3.08. The minimum atomic E-state index is -0.309. The van der Waals surface area contributed by atoms with E-state index >= 15 is 0 Å². The van der Waals surface area contributed by atoms with E-state index in [1.807, 2.05) is 49.5 Å². The van der Waals surface area contributed by atoms with Crippen LogP contribution < -0.4 is 15.5 Å². The molecule has 1 aromatic carbocycles. The third-order valence-electron chi connectivity index (χ3n) is 4.57. The number of benzene rings is 1. The molecule has 4 rings (SSSR count). The molecule has 0 radical (unpaired) electrons. The van der Waals surface area contributed by atoms with Crippen LogP contribution in [0.1, 0.15) is 5.56 Å². The van der Waals surface area contributed by atoms with Gasteiger partial charge in [0.15, 0.2) is 0 Å². The van der Waals surface area contributed by atoms with Crippen molar-refractivity contribution in [1.82, 2.24) is 14.8 Å². The summed E-state index contributed by atoms with van der Waals surface area (Å²) in [5, 5.41) is 9.91. The second-order valence-electron chi connectivity index (χ2n) is 6.53. The minimum Gasteiger partial charge on any atom is -0.378 e. The van der Waals surface area contributed by atoms with E-state index in [0.29, 0.717) is 18.9 Å². The van der Waals surface area contributed by atoms with Crippen molar-refractivity contribution in [1.29, 1.82) is 0 Å². The van der Waals surface area contributed by atoms with Gasteiger partial charge in [0.1, 0.15) is 5.82 Å². The first kappa shape index (κ1) is 18.0. The molecule has 144 valence electrons. The lowest BCUT2D eigenvalue weighted by Crippen LogP contribution is -2.36. The number of anilines is 3. The molecule has 0 atom stereocenters. The van der Waals surface area contributed by atoms with E-state index < -0.39 is 0 Å². The van der Waals surface area contributed by atoms with Crippen LogP contribution in [0.3, 0.4) is 0 Å². The highest BCUT2D eigenvalue weighted by Gasteiger charge is 2.12. The van der Waals surface area contributed by atoms with Crippen LogP contribution in [0.4, 0.5) is 22.0 Å². The average molecular weight is 378 g/mol. The number of carbonyl (C=O) groups is 1. The fraction of sp³-hybridized carbons (Fsp3) is 0.250. The molecule has 2 N–H and O–H groups in total. The van der Waals surface area contributed by atoms with Gasteiger partial charge >= 0.3 is 6.03 Å². The number of nitrogens with zero attached hydrogens (tertiary/aromatic N) is 4. The van der Waals surface area contributed by atoms with Crippen LogP contribution in [-0.4, -0.2) is 47.1 Å². The largest absolute Gasteiger partial charge is 0.378 e. The highest BCUT2D eigenvalue weighted by atomic mass is 16.5. The number of carbonyl (C=O) groups excluding carboxylic acids is 1. The predicted octanol–water partition coefficient (Wildman–Crippen LogP) is 3.06. The highest BCUT2D eigenvalue weighted by Crippen LogP contribution is 2.20. The van der Waals surface area contributed by atoms with Gasteiger partial charge in [0.2, 0.25) is 0 Å². The van der Waals surface area contributed by atoms with Gasteiger partial charge in [0.25, 0.3) is 0 Å². The molecule has 3 heterocycles. The molecule has 0 aliphatic carbocycles. The molecule has 0 saturated carbocycles. The van der Waals surface area contributed by atoms with E-state index in [-0.39, 0.29) is 6.03 Å². The molecule has 1 aliphatic heterocycles. The van der Waals surface area contributed by atoms with E-state index in [9.17, 15) is 4.79 Å². The molecule has 1 fully saturated rings. The molecule has 1 aliphatic rings. The van der Waals surface area contributed by atoms with Crippen LogP contribution in [0.2, 0.25) is 0 Å². The Bertz CT molecular complexity index is 934. The Balaban J connectivity index is 1.37. The zero-order valence-electron chi connectivity index (χ0n) is 15.6. The zero-order chi connectivity index (χ0) is 19.3. The Morgan fingerprint density at radius 1 is 1.14 bits per heavy atom. The first-order chi connectivity index (χ1) is 13.7. The molecule has 0 unspecified atom stereocenters. The van der Waals surface area contributed by atoms with Crippen molar-refractivity contribution in [2.45, 2.75) is 6.92 Å². The minimum absolute atomic E-state index is 0.309. The molecular formula is C20H22N6O2. The van der Waals surface area contributed by atoms with Gasteiger partial charge in [-0.25, -0.2) is 14.5 Å². The van der Waals surface area contributed by atoms with Gasteiger partial charge in [0, 0.05) is 31.2 Å². The quantitative estimate of drug-likeness (QED) is 0.729. The number of aryl methyl sites for hydroxylation is 1. The first-order valence-electron chi connectivity index (χ1n) is 9.16. The maximum Gasteiger partial charge on any atom is 0.323 e. The highest BCUT2D eigenvalue weighted by molar-refractivity contribution is 6.00. The number of aromatic nitrogens is 3. The predicted molar refractivity (Wildman–Crippen MR) is 108 cm³/mol. The van der Waals surface area contributed by atoms with Gasteiger partial charge in [-0.1, -0.05) is 0 Å². The number of rotatable bonds is 4. The number of hydrogen-bond donors (Lipinski definition) is 2. The molecule has 8 heteroatoms. The lowest BCUT2D eigenvalue weighted by atomic mass is 10.2. The van der Waals surface area contributed by atoms with Gasteiger partial charge in [-0.2, -0.15) is 5.10 Å². The van der Waals surface area contributed by atoms with Crippen molar-refractivity contribution >= 4 is 23.2 Å². The number of morpholine rings is 1.